The van der Waals surface area contributed by atoms with E-state index in [0.717, 1.165) is 14.8 Å². The normalized spacial score (nSPS) is 12.4. The van der Waals surface area contributed by atoms with Gasteiger partial charge in [0.25, 0.3) is 0 Å². The topological polar surface area (TPSA) is 46.0 Å². The quantitative estimate of drug-likeness (QED) is 0.881. The molecule has 4 heteroatoms. The van der Waals surface area contributed by atoms with Crippen LogP contribution in [0.5, 0.6) is 0 Å². The Hall–Kier alpha value is -1.01. The lowest BCUT2D eigenvalue weighted by Crippen LogP contribution is -2.05. The van der Waals surface area contributed by atoms with E-state index in [-0.39, 0.29) is 0 Å². The largest absolute Gasteiger partial charge is 0.388 e. The Kier molecular flexibility index (Phi) is 3.84. The van der Waals surface area contributed by atoms with E-state index >= 15 is 0 Å². The molecule has 1 aromatic heterocycles. The fourth-order valence-electron chi connectivity index (χ4n) is 1.46. The molecule has 0 bridgehead atoms. The van der Waals surface area contributed by atoms with Gasteiger partial charge in [-0.05, 0) is 28.2 Å². The number of aliphatic hydroxyl groups is 1. The van der Waals surface area contributed by atoms with Crippen LogP contribution in [0.1, 0.15) is 17.4 Å². The van der Waals surface area contributed by atoms with Gasteiger partial charge >= 0.3 is 0 Å². The van der Waals surface area contributed by atoms with Crippen molar-refractivity contribution in [1.82, 2.24) is 9.97 Å². The Morgan fingerprint density at radius 1 is 1.25 bits per heavy atom. The maximum absolute atomic E-state index is 10.0. The van der Waals surface area contributed by atoms with Crippen LogP contribution in [0.3, 0.4) is 0 Å². The van der Waals surface area contributed by atoms with E-state index in [1.54, 1.807) is 6.20 Å². The van der Waals surface area contributed by atoms with E-state index in [9.17, 15) is 5.11 Å². The fraction of sp³-hybridized carbons (Fsp3) is 0.167. The standard InChI is InChI=1S/C12H11IN2O/c13-10-7-14-8-15-11(10)6-12(16)9-4-2-1-3-5-9/h1-5,7-8,12,16H,6H2. The Morgan fingerprint density at radius 2 is 2.00 bits per heavy atom. The second-order valence-corrected chi connectivity index (χ2v) is 4.61. The zero-order chi connectivity index (χ0) is 11.4. The summed E-state index contributed by atoms with van der Waals surface area (Å²) >= 11 is 2.18. The van der Waals surface area contributed by atoms with Crippen LogP contribution in [-0.2, 0) is 6.42 Å². The van der Waals surface area contributed by atoms with Gasteiger partial charge in [-0.15, -0.1) is 0 Å². The second kappa shape index (κ2) is 5.36. The third-order valence-electron chi connectivity index (χ3n) is 2.31. The number of aliphatic hydroxyl groups excluding tert-OH is 1. The summed E-state index contributed by atoms with van der Waals surface area (Å²) in [6, 6.07) is 9.61. The van der Waals surface area contributed by atoms with Crippen molar-refractivity contribution in [2.45, 2.75) is 12.5 Å². The average Bonchev–Trinajstić information content (AvgIpc) is 2.33. The van der Waals surface area contributed by atoms with Crippen molar-refractivity contribution in [3.05, 3.63) is 57.7 Å². The fourth-order valence-corrected chi connectivity index (χ4v) is 1.98. The van der Waals surface area contributed by atoms with Gasteiger partial charge in [-0.3, -0.25) is 0 Å². The molecule has 0 aliphatic heterocycles. The number of nitrogens with zero attached hydrogens (tertiary/aromatic N) is 2. The van der Waals surface area contributed by atoms with Crippen molar-refractivity contribution < 1.29 is 5.11 Å². The van der Waals surface area contributed by atoms with E-state index in [1.165, 1.54) is 6.33 Å². The SMILES string of the molecule is OC(Cc1ncncc1I)c1ccccc1. The number of hydrogen-bond acceptors (Lipinski definition) is 3. The van der Waals surface area contributed by atoms with Gasteiger partial charge < -0.3 is 5.11 Å². The molecular weight excluding hydrogens is 315 g/mol. The number of benzene rings is 1. The van der Waals surface area contributed by atoms with E-state index in [4.69, 9.17) is 0 Å². The smallest absolute Gasteiger partial charge is 0.115 e. The van der Waals surface area contributed by atoms with Crippen molar-refractivity contribution in [1.29, 1.82) is 0 Å². The molecule has 0 radical (unpaired) electrons. The summed E-state index contributed by atoms with van der Waals surface area (Å²) in [7, 11) is 0. The monoisotopic (exact) mass is 326 g/mol. The molecule has 0 aliphatic rings. The molecule has 1 aromatic carbocycles. The Balaban J connectivity index is 2.14. The summed E-state index contributed by atoms with van der Waals surface area (Å²) in [6.07, 6.45) is 3.27. The summed E-state index contributed by atoms with van der Waals surface area (Å²) in [4.78, 5) is 8.09. The first-order valence-electron chi connectivity index (χ1n) is 4.95. The molecule has 0 aliphatic carbocycles. The molecule has 0 saturated heterocycles. The van der Waals surface area contributed by atoms with E-state index in [1.807, 2.05) is 30.3 Å². The van der Waals surface area contributed by atoms with Gasteiger partial charge in [0.05, 0.1) is 15.4 Å². The molecule has 0 fully saturated rings. The third-order valence-corrected chi connectivity index (χ3v) is 3.22. The molecule has 16 heavy (non-hydrogen) atoms. The Bertz CT molecular complexity index is 462. The number of halogens is 1. The maximum atomic E-state index is 10.0. The molecule has 1 N–H and O–H groups in total. The first-order valence-corrected chi connectivity index (χ1v) is 6.02. The minimum atomic E-state index is -0.510. The van der Waals surface area contributed by atoms with Gasteiger partial charge in [-0.1, -0.05) is 30.3 Å². The lowest BCUT2D eigenvalue weighted by Gasteiger charge is -2.10. The highest BCUT2D eigenvalue weighted by molar-refractivity contribution is 14.1. The average molecular weight is 326 g/mol. The highest BCUT2D eigenvalue weighted by Crippen LogP contribution is 2.19. The number of aromatic nitrogens is 2. The van der Waals surface area contributed by atoms with Gasteiger partial charge in [0.15, 0.2) is 0 Å². The molecule has 1 atom stereocenters. The molecule has 1 heterocycles. The molecule has 2 aromatic rings. The summed E-state index contributed by atoms with van der Waals surface area (Å²) in [5.41, 5.74) is 1.80. The minimum Gasteiger partial charge on any atom is -0.388 e. The van der Waals surface area contributed by atoms with Gasteiger partial charge in [-0.2, -0.15) is 0 Å². The van der Waals surface area contributed by atoms with Crippen molar-refractivity contribution in [3.8, 4) is 0 Å². The summed E-state index contributed by atoms with van der Waals surface area (Å²) in [5, 5.41) is 10.0. The van der Waals surface area contributed by atoms with E-state index in [0.29, 0.717) is 6.42 Å². The summed E-state index contributed by atoms with van der Waals surface area (Å²) < 4.78 is 0.982. The van der Waals surface area contributed by atoms with Gasteiger partial charge in [0.2, 0.25) is 0 Å². The zero-order valence-electron chi connectivity index (χ0n) is 8.55. The number of rotatable bonds is 3. The minimum absolute atomic E-state index is 0.510. The van der Waals surface area contributed by atoms with Crippen molar-refractivity contribution in [2.75, 3.05) is 0 Å². The lowest BCUT2D eigenvalue weighted by molar-refractivity contribution is 0.177. The summed E-state index contributed by atoms with van der Waals surface area (Å²) in [5.74, 6) is 0. The predicted molar refractivity (Wildman–Crippen MR) is 69.9 cm³/mol. The van der Waals surface area contributed by atoms with Gasteiger partial charge in [0, 0.05) is 12.6 Å². The predicted octanol–water partition coefficient (Wildman–Crippen LogP) is 2.36. The molecule has 3 nitrogen and oxygen atoms in total. The lowest BCUT2D eigenvalue weighted by atomic mass is 10.1. The van der Waals surface area contributed by atoms with Crippen LogP contribution < -0.4 is 0 Å². The van der Waals surface area contributed by atoms with Crippen molar-refractivity contribution in [2.24, 2.45) is 0 Å². The van der Waals surface area contributed by atoms with E-state index < -0.39 is 6.10 Å². The van der Waals surface area contributed by atoms with Crippen LogP contribution in [0.4, 0.5) is 0 Å². The van der Waals surface area contributed by atoms with Crippen LogP contribution in [0, 0.1) is 3.57 Å². The van der Waals surface area contributed by atoms with Crippen molar-refractivity contribution in [3.63, 3.8) is 0 Å². The zero-order valence-corrected chi connectivity index (χ0v) is 10.7. The first-order chi connectivity index (χ1) is 7.77. The molecule has 82 valence electrons. The molecule has 2 rings (SSSR count). The molecule has 0 saturated carbocycles. The summed E-state index contributed by atoms with van der Waals surface area (Å²) in [6.45, 7) is 0. The van der Waals surface area contributed by atoms with Crippen LogP contribution in [0.2, 0.25) is 0 Å². The maximum Gasteiger partial charge on any atom is 0.115 e. The van der Waals surface area contributed by atoms with E-state index in [2.05, 4.69) is 32.6 Å². The van der Waals surface area contributed by atoms with Crippen LogP contribution >= 0.6 is 22.6 Å². The molecule has 1 unspecified atom stereocenters. The first kappa shape index (κ1) is 11.5. The van der Waals surface area contributed by atoms with Crippen molar-refractivity contribution >= 4 is 22.6 Å². The molecule has 0 amide bonds. The van der Waals surface area contributed by atoms with Gasteiger partial charge in [-0.25, -0.2) is 9.97 Å². The van der Waals surface area contributed by atoms with Gasteiger partial charge in [0.1, 0.15) is 6.33 Å². The Labute approximate surface area is 108 Å². The van der Waals surface area contributed by atoms with Crippen LogP contribution in [-0.4, -0.2) is 15.1 Å². The highest BCUT2D eigenvalue weighted by atomic mass is 127. The highest BCUT2D eigenvalue weighted by Gasteiger charge is 2.10. The van der Waals surface area contributed by atoms with Crippen LogP contribution in [0.15, 0.2) is 42.9 Å². The third kappa shape index (κ3) is 2.76. The second-order valence-electron chi connectivity index (χ2n) is 3.45. The molecular formula is C12H11IN2O. The molecule has 0 spiro atoms. The number of hydrogen-bond donors (Lipinski definition) is 1. The van der Waals surface area contributed by atoms with Crippen LogP contribution in [0.25, 0.3) is 0 Å². The Morgan fingerprint density at radius 3 is 2.69 bits per heavy atom.